The van der Waals surface area contributed by atoms with E-state index in [9.17, 15) is 4.79 Å². The van der Waals surface area contributed by atoms with E-state index in [2.05, 4.69) is 5.32 Å². The van der Waals surface area contributed by atoms with Crippen LogP contribution in [0.2, 0.25) is 5.02 Å². The molecule has 0 radical (unpaired) electrons. The lowest BCUT2D eigenvalue weighted by Crippen LogP contribution is -2.37. The highest BCUT2D eigenvalue weighted by atomic mass is 35.5. The van der Waals surface area contributed by atoms with Crippen molar-refractivity contribution in [3.8, 4) is 11.8 Å². The summed E-state index contributed by atoms with van der Waals surface area (Å²) in [4.78, 5) is 11.9. The van der Waals surface area contributed by atoms with Crippen LogP contribution in [0, 0.1) is 11.3 Å². The van der Waals surface area contributed by atoms with Crippen LogP contribution in [0.1, 0.15) is 44.1 Å². The number of carbonyl (C=O) groups is 1. The molecule has 0 bridgehead atoms. The molecule has 0 saturated heterocycles. The molecule has 0 aliphatic heterocycles. The van der Waals surface area contributed by atoms with E-state index in [4.69, 9.17) is 21.6 Å². The highest BCUT2D eigenvalue weighted by Gasteiger charge is 2.15. The molecule has 2 rings (SSSR count). The smallest absolute Gasteiger partial charge is 0.258 e. The lowest BCUT2D eigenvalue weighted by Gasteiger charge is -2.16. The molecule has 21 heavy (non-hydrogen) atoms. The van der Waals surface area contributed by atoms with Gasteiger partial charge in [0.15, 0.2) is 6.61 Å². The van der Waals surface area contributed by atoms with Gasteiger partial charge in [0.25, 0.3) is 5.91 Å². The van der Waals surface area contributed by atoms with Crippen molar-refractivity contribution in [2.24, 2.45) is 0 Å². The van der Waals surface area contributed by atoms with Gasteiger partial charge in [-0.25, -0.2) is 0 Å². The molecule has 1 fully saturated rings. The second-order valence-electron chi connectivity index (χ2n) is 5.30. The molecule has 0 aromatic heterocycles. The zero-order chi connectivity index (χ0) is 15.1. The Balaban J connectivity index is 1.86. The maximum Gasteiger partial charge on any atom is 0.258 e. The van der Waals surface area contributed by atoms with Crippen molar-refractivity contribution in [2.45, 2.75) is 44.6 Å². The van der Waals surface area contributed by atoms with Crippen molar-refractivity contribution in [1.82, 2.24) is 5.32 Å². The van der Waals surface area contributed by atoms with Crippen LogP contribution in [-0.4, -0.2) is 18.6 Å². The average molecular weight is 307 g/mol. The number of nitrogens with zero attached hydrogens (tertiary/aromatic N) is 1. The Morgan fingerprint density at radius 1 is 1.33 bits per heavy atom. The van der Waals surface area contributed by atoms with Gasteiger partial charge in [0.2, 0.25) is 0 Å². The van der Waals surface area contributed by atoms with Gasteiger partial charge in [-0.2, -0.15) is 5.26 Å². The Morgan fingerprint density at radius 2 is 2.05 bits per heavy atom. The molecular formula is C16H19ClN2O2. The fourth-order valence-corrected chi connectivity index (χ4v) is 2.71. The van der Waals surface area contributed by atoms with Gasteiger partial charge in [-0.1, -0.05) is 37.3 Å². The minimum absolute atomic E-state index is 0.0917. The molecule has 1 aromatic carbocycles. The second-order valence-corrected chi connectivity index (χ2v) is 5.73. The first-order valence-electron chi connectivity index (χ1n) is 7.31. The largest absolute Gasteiger partial charge is 0.482 e. The van der Waals surface area contributed by atoms with E-state index in [1.807, 2.05) is 6.07 Å². The van der Waals surface area contributed by atoms with Crippen molar-refractivity contribution < 1.29 is 9.53 Å². The van der Waals surface area contributed by atoms with Crippen LogP contribution in [0.4, 0.5) is 0 Å². The van der Waals surface area contributed by atoms with Gasteiger partial charge in [0, 0.05) is 17.1 Å². The number of carbonyl (C=O) groups excluding carboxylic acids is 1. The highest BCUT2D eigenvalue weighted by molar-refractivity contribution is 6.30. The summed E-state index contributed by atoms with van der Waals surface area (Å²) < 4.78 is 5.42. The SMILES string of the molecule is N#Cc1ccc(Cl)cc1OCC(=O)NC1CCCCCC1. The summed E-state index contributed by atoms with van der Waals surface area (Å²) in [6.07, 6.45) is 6.89. The van der Waals surface area contributed by atoms with Gasteiger partial charge in [0.05, 0.1) is 5.56 Å². The first-order chi connectivity index (χ1) is 10.2. The van der Waals surface area contributed by atoms with Gasteiger partial charge >= 0.3 is 0 Å². The van der Waals surface area contributed by atoms with E-state index >= 15 is 0 Å². The third-order valence-corrected chi connectivity index (χ3v) is 3.88. The monoisotopic (exact) mass is 306 g/mol. The average Bonchev–Trinajstić information content (AvgIpc) is 2.74. The second kappa shape index (κ2) is 7.90. The van der Waals surface area contributed by atoms with Gasteiger partial charge in [-0.05, 0) is 25.0 Å². The van der Waals surface area contributed by atoms with Crippen molar-refractivity contribution in [1.29, 1.82) is 5.26 Å². The van der Waals surface area contributed by atoms with Crippen LogP contribution >= 0.6 is 11.6 Å². The summed E-state index contributed by atoms with van der Waals surface area (Å²) in [6, 6.07) is 7.03. The molecule has 1 saturated carbocycles. The van der Waals surface area contributed by atoms with E-state index < -0.39 is 0 Å². The standard InChI is InChI=1S/C16H19ClN2O2/c17-13-8-7-12(10-18)15(9-13)21-11-16(20)19-14-5-3-1-2-4-6-14/h7-9,14H,1-6,11H2,(H,19,20). The molecule has 1 aromatic rings. The fourth-order valence-electron chi connectivity index (χ4n) is 2.54. The zero-order valence-electron chi connectivity index (χ0n) is 11.9. The van der Waals surface area contributed by atoms with Gasteiger partial charge < -0.3 is 10.1 Å². The summed E-state index contributed by atoms with van der Waals surface area (Å²) in [5.74, 6) is 0.201. The van der Waals surface area contributed by atoms with Crippen molar-refractivity contribution >= 4 is 17.5 Å². The minimum Gasteiger partial charge on any atom is -0.482 e. The Kier molecular flexibility index (Phi) is 5.89. The summed E-state index contributed by atoms with van der Waals surface area (Å²) in [5.41, 5.74) is 0.377. The van der Waals surface area contributed by atoms with Crippen LogP contribution in [0.15, 0.2) is 18.2 Å². The normalized spacial score (nSPS) is 15.8. The number of hydrogen-bond acceptors (Lipinski definition) is 3. The molecular weight excluding hydrogens is 288 g/mol. The topological polar surface area (TPSA) is 62.1 Å². The molecule has 0 unspecified atom stereocenters. The summed E-state index contributed by atoms with van der Waals surface area (Å²) >= 11 is 5.87. The van der Waals surface area contributed by atoms with Crippen LogP contribution in [-0.2, 0) is 4.79 Å². The van der Waals surface area contributed by atoms with Crippen LogP contribution in [0.25, 0.3) is 0 Å². The van der Waals surface area contributed by atoms with Gasteiger partial charge in [-0.15, -0.1) is 0 Å². The van der Waals surface area contributed by atoms with Crippen LogP contribution in [0.5, 0.6) is 5.75 Å². The lowest BCUT2D eigenvalue weighted by atomic mass is 10.1. The number of halogens is 1. The Labute approximate surface area is 130 Å². The number of ether oxygens (including phenoxy) is 1. The van der Waals surface area contributed by atoms with E-state index in [1.54, 1.807) is 18.2 Å². The first-order valence-corrected chi connectivity index (χ1v) is 7.68. The van der Waals surface area contributed by atoms with Crippen molar-refractivity contribution in [2.75, 3.05) is 6.61 Å². The maximum absolute atomic E-state index is 11.9. The van der Waals surface area contributed by atoms with Gasteiger partial charge in [-0.3, -0.25) is 4.79 Å². The molecule has 1 N–H and O–H groups in total. The number of hydrogen-bond donors (Lipinski definition) is 1. The minimum atomic E-state index is -0.147. The number of benzene rings is 1. The third-order valence-electron chi connectivity index (χ3n) is 3.64. The summed E-state index contributed by atoms with van der Waals surface area (Å²) in [5, 5.41) is 12.5. The van der Waals surface area contributed by atoms with Crippen LogP contribution < -0.4 is 10.1 Å². The van der Waals surface area contributed by atoms with Gasteiger partial charge in [0.1, 0.15) is 11.8 Å². The fraction of sp³-hybridized carbons (Fsp3) is 0.500. The molecule has 0 atom stereocenters. The first kappa shape index (κ1) is 15.7. The molecule has 4 nitrogen and oxygen atoms in total. The number of amides is 1. The van der Waals surface area contributed by atoms with Crippen molar-refractivity contribution in [3.63, 3.8) is 0 Å². The highest BCUT2D eigenvalue weighted by Crippen LogP contribution is 2.22. The summed E-state index contributed by atoms with van der Waals surface area (Å²) in [6.45, 7) is -0.0917. The molecule has 1 aliphatic rings. The number of nitrogens with one attached hydrogen (secondary N) is 1. The van der Waals surface area contributed by atoms with E-state index in [-0.39, 0.29) is 18.6 Å². The predicted molar refractivity (Wildman–Crippen MR) is 81.3 cm³/mol. The van der Waals surface area contributed by atoms with E-state index in [0.29, 0.717) is 16.3 Å². The number of rotatable bonds is 4. The Morgan fingerprint density at radius 3 is 2.71 bits per heavy atom. The molecule has 1 amide bonds. The molecule has 0 heterocycles. The molecule has 5 heteroatoms. The molecule has 1 aliphatic carbocycles. The maximum atomic E-state index is 11.9. The molecule has 0 spiro atoms. The molecule has 112 valence electrons. The van der Waals surface area contributed by atoms with E-state index in [1.165, 1.54) is 25.7 Å². The zero-order valence-corrected chi connectivity index (χ0v) is 12.7. The Bertz CT molecular complexity index is 532. The van der Waals surface area contributed by atoms with Crippen molar-refractivity contribution in [3.05, 3.63) is 28.8 Å². The summed E-state index contributed by atoms with van der Waals surface area (Å²) in [7, 11) is 0. The lowest BCUT2D eigenvalue weighted by molar-refractivity contribution is -0.123. The van der Waals surface area contributed by atoms with Crippen LogP contribution in [0.3, 0.4) is 0 Å². The van der Waals surface area contributed by atoms with E-state index in [0.717, 1.165) is 12.8 Å². The number of nitriles is 1. The third kappa shape index (κ3) is 4.95. The predicted octanol–water partition coefficient (Wildman–Crippen LogP) is 3.43. The Hall–Kier alpha value is -1.73. The quantitative estimate of drug-likeness (QED) is 0.867.